The summed E-state index contributed by atoms with van der Waals surface area (Å²) in [5, 5.41) is 12.5. The molecule has 0 heterocycles. The molecule has 0 radical (unpaired) electrons. The van der Waals surface area contributed by atoms with E-state index in [9.17, 15) is 9.50 Å². The van der Waals surface area contributed by atoms with Gasteiger partial charge >= 0.3 is 0 Å². The van der Waals surface area contributed by atoms with Gasteiger partial charge in [0.15, 0.2) is 0 Å². The molecule has 0 aromatic heterocycles. The van der Waals surface area contributed by atoms with Crippen molar-refractivity contribution in [3.05, 3.63) is 89.7 Å². The molecule has 0 fully saturated rings. The molecule has 0 amide bonds. The maximum absolute atomic E-state index is 13.3. The number of hydrogen-bond acceptors (Lipinski definition) is 1. The Balaban J connectivity index is 1.79. The first kappa shape index (κ1) is 16.1. The molecular formula is C25H19FO. The number of rotatable bonds is 1. The van der Waals surface area contributed by atoms with E-state index in [0.29, 0.717) is 5.75 Å². The van der Waals surface area contributed by atoms with E-state index in [1.54, 1.807) is 0 Å². The standard InChI is InChI=1S/C25H19FO/c1-25(2)21-13-16(15-7-10-17(26)11-8-15)9-12-20(21)24-19-6-4-3-5-18(19)23(27)14-22(24)25/h3-14,27H,1-2H3. The quantitative estimate of drug-likeness (QED) is 0.405. The van der Waals surface area contributed by atoms with Gasteiger partial charge in [-0.2, -0.15) is 0 Å². The molecular weight excluding hydrogens is 335 g/mol. The zero-order valence-electron chi connectivity index (χ0n) is 15.3. The van der Waals surface area contributed by atoms with Crippen LogP contribution < -0.4 is 0 Å². The summed E-state index contributed by atoms with van der Waals surface area (Å²) < 4.78 is 13.3. The van der Waals surface area contributed by atoms with Crippen LogP contribution in [0.2, 0.25) is 0 Å². The molecule has 132 valence electrons. The highest BCUT2D eigenvalue weighted by Crippen LogP contribution is 2.53. The average molecular weight is 354 g/mol. The number of hydrogen-bond donors (Lipinski definition) is 1. The number of halogens is 1. The summed E-state index contributed by atoms with van der Waals surface area (Å²) in [6, 6.07) is 23.0. The predicted octanol–water partition coefficient (Wildman–Crippen LogP) is 6.66. The molecule has 1 N–H and O–H groups in total. The fourth-order valence-corrected chi connectivity index (χ4v) is 4.39. The molecule has 1 aliphatic rings. The molecule has 0 spiro atoms. The lowest BCUT2D eigenvalue weighted by molar-refractivity contribution is 0.479. The van der Waals surface area contributed by atoms with Gasteiger partial charge in [0.05, 0.1) is 0 Å². The average Bonchev–Trinajstić information content (AvgIpc) is 2.90. The molecule has 4 aromatic carbocycles. The van der Waals surface area contributed by atoms with Crippen LogP contribution in [0.25, 0.3) is 33.0 Å². The minimum absolute atomic E-state index is 0.220. The normalized spacial score (nSPS) is 14.2. The van der Waals surface area contributed by atoms with Gasteiger partial charge in [0, 0.05) is 10.8 Å². The summed E-state index contributed by atoms with van der Waals surface area (Å²) in [5.41, 5.74) is 6.63. The number of aromatic hydroxyl groups is 1. The molecule has 27 heavy (non-hydrogen) atoms. The van der Waals surface area contributed by atoms with Gasteiger partial charge < -0.3 is 5.11 Å². The van der Waals surface area contributed by atoms with Crippen molar-refractivity contribution in [2.45, 2.75) is 19.3 Å². The first-order valence-corrected chi connectivity index (χ1v) is 9.13. The van der Waals surface area contributed by atoms with Crippen molar-refractivity contribution >= 4 is 10.8 Å². The smallest absolute Gasteiger partial charge is 0.123 e. The molecule has 5 rings (SSSR count). The molecule has 1 nitrogen and oxygen atoms in total. The van der Waals surface area contributed by atoms with Crippen LogP contribution in [0.1, 0.15) is 25.0 Å². The topological polar surface area (TPSA) is 20.2 Å². The minimum Gasteiger partial charge on any atom is -0.507 e. The molecule has 0 aliphatic heterocycles. The van der Waals surface area contributed by atoms with Crippen LogP contribution in [0.5, 0.6) is 5.75 Å². The molecule has 0 unspecified atom stereocenters. The summed E-state index contributed by atoms with van der Waals surface area (Å²) in [5.74, 6) is 0.0959. The second kappa shape index (κ2) is 5.43. The maximum atomic E-state index is 13.3. The highest BCUT2D eigenvalue weighted by atomic mass is 19.1. The van der Waals surface area contributed by atoms with Crippen LogP contribution in [0, 0.1) is 5.82 Å². The second-order valence-electron chi connectivity index (χ2n) is 7.76. The van der Waals surface area contributed by atoms with Crippen molar-refractivity contribution < 1.29 is 9.50 Å². The number of phenolic OH excluding ortho intramolecular Hbond substituents is 1. The lowest BCUT2D eigenvalue weighted by Crippen LogP contribution is -2.15. The van der Waals surface area contributed by atoms with Crippen LogP contribution in [-0.4, -0.2) is 5.11 Å². The summed E-state index contributed by atoms with van der Waals surface area (Å²) in [4.78, 5) is 0. The Bertz CT molecular complexity index is 1200. The zero-order valence-corrected chi connectivity index (χ0v) is 15.3. The Hall–Kier alpha value is -3.13. The summed E-state index contributed by atoms with van der Waals surface area (Å²) >= 11 is 0. The van der Waals surface area contributed by atoms with Gasteiger partial charge in [0.25, 0.3) is 0 Å². The van der Waals surface area contributed by atoms with Crippen molar-refractivity contribution in [2.75, 3.05) is 0 Å². The van der Waals surface area contributed by atoms with Gasteiger partial charge in [0.2, 0.25) is 0 Å². The van der Waals surface area contributed by atoms with E-state index >= 15 is 0 Å². The summed E-state index contributed by atoms with van der Waals surface area (Å²) in [6.07, 6.45) is 0. The van der Waals surface area contributed by atoms with Gasteiger partial charge in [-0.25, -0.2) is 4.39 Å². The number of fused-ring (bicyclic) bond motifs is 5. The largest absolute Gasteiger partial charge is 0.507 e. The third-order valence-corrected chi connectivity index (χ3v) is 5.84. The molecule has 0 atom stereocenters. The molecule has 1 aliphatic carbocycles. The minimum atomic E-state index is -0.227. The fraction of sp³-hybridized carbons (Fsp3) is 0.120. The van der Waals surface area contributed by atoms with E-state index in [-0.39, 0.29) is 11.2 Å². The van der Waals surface area contributed by atoms with E-state index in [2.05, 4.69) is 38.1 Å². The van der Waals surface area contributed by atoms with Crippen LogP contribution in [-0.2, 0) is 5.41 Å². The van der Waals surface area contributed by atoms with Gasteiger partial charge in [-0.1, -0.05) is 62.4 Å². The first-order chi connectivity index (χ1) is 13.0. The number of benzene rings is 4. The molecule has 0 saturated heterocycles. The molecule has 2 heteroatoms. The van der Waals surface area contributed by atoms with Crippen molar-refractivity contribution in [1.82, 2.24) is 0 Å². The van der Waals surface area contributed by atoms with Crippen molar-refractivity contribution in [3.63, 3.8) is 0 Å². The Morgan fingerprint density at radius 3 is 2.15 bits per heavy atom. The van der Waals surface area contributed by atoms with Crippen LogP contribution in [0.3, 0.4) is 0 Å². The third kappa shape index (κ3) is 2.23. The van der Waals surface area contributed by atoms with E-state index in [0.717, 1.165) is 27.5 Å². The SMILES string of the molecule is CC1(C)c2cc(-c3ccc(F)cc3)ccc2-c2c1cc(O)c1ccccc21. The summed E-state index contributed by atoms with van der Waals surface area (Å²) in [6.45, 7) is 4.39. The lowest BCUT2D eigenvalue weighted by atomic mass is 9.81. The van der Waals surface area contributed by atoms with Crippen LogP contribution in [0.4, 0.5) is 4.39 Å². The van der Waals surface area contributed by atoms with Gasteiger partial charge in [-0.15, -0.1) is 0 Å². The second-order valence-corrected chi connectivity index (χ2v) is 7.76. The lowest BCUT2D eigenvalue weighted by Gasteiger charge is -2.22. The van der Waals surface area contributed by atoms with E-state index < -0.39 is 0 Å². The van der Waals surface area contributed by atoms with Gasteiger partial charge in [-0.05, 0) is 63.0 Å². The Labute approximate surface area is 157 Å². The van der Waals surface area contributed by atoms with Crippen LogP contribution in [0.15, 0.2) is 72.8 Å². The van der Waals surface area contributed by atoms with E-state index in [1.165, 1.54) is 28.8 Å². The Morgan fingerprint density at radius 2 is 1.41 bits per heavy atom. The van der Waals surface area contributed by atoms with Crippen molar-refractivity contribution in [2.24, 2.45) is 0 Å². The highest BCUT2D eigenvalue weighted by Gasteiger charge is 2.37. The molecule has 0 saturated carbocycles. The predicted molar refractivity (Wildman–Crippen MR) is 109 cm³/mol. The van der Waals surface area contributed by atoms with E-state index in [1.807, 2.05) is 36.4 Å². The third-order valence-electron chi connectivity index (χ3n) is 5.84. The molecule has 0 bridgehead atoms. The first-order valence-electron chi connectivity index (χ1n) is 9.13. The van der Waals surface area contributed by atoms with Crippen molar-refractivity contribution in [1.29, 1.82) is 0 Å². The maximum Gasteiger partial charge on any atom is 0.123 e. The monoisotopic (exact) mass is 354 g/mol. The van der Waals surface area contributed by atoms with E-state index in [4.69, 9.17) is 0 Å². The Morgan fingerprint density at radius 1 is 0.741 bits per heavy atom. The zero-order chi connectivity index (χ0) is 18.8. The molecule has 4 aromatic rings. The fourth-order valence-electron chi connectivity index (χ4n) is 4.39. The number of phenols is 1. The van der Waals surface area contributed by atoms with Crippen LogP contribution >= 0.6 is 0 Å². The highest BCUT2D eigenvalue weighted by molar-refractivity contribution is 6.05. The Kier molecular flexibility index (Phi) is 3.23. The van der Waals surface area contributed by atoms with Gasteiger partial charge in [-0.3, -0.25) is 0 Å². The summed E-state index contributed by atoms with van der Waals surface area (Å²) in [7, 11) is 0. The van der Waals surface area contributed by atoms with Crippen molar-refractivity contribution in [3.8, 4) is 28.0 Å². The van der Waals surface area contributed by atoms with Gasteiger partial charge in [0.1, 0.15) is 11.6 Å².